The van der Waals surface area contributed by atoms with Gasteiger partial charge in [0.25, 0.3) is 0 Å². The second-order valence-electron chi connectivity index (χ2n) is 2.91. The van der Waals surface area contributed by atoms with E-state index < -0.39 is 5.60 Å². The maximum atomic E-state index is 10.8. The number of halogens is 1. The molecular weight excluding hydrogens is 192 g/mol. The average Bonchev–Trinajstić information content (AvgIpc) is 2.18. The fourth-order valence-corrected chi connectivity index (χ4v) is 1.31. The Hall–Kier alpha value is -0.640. The topological polar surface area (TPSA) is 46.5 Å². The number of carbonyl (C=O) groups is 1. The van der Waals surface area contributed by atoms with Crippen LogP contribution in [0.25, 0.3) is 0 Å². The van der Waals surface area contributed by atoms with Crippen molar-refractivity contribution in [2.75, 3.05) is 5.88 Å². The zero-order chi connectivity index (χ0) is 9.73. The Bertz CT molecular complexity index is 229. The number of ketones is 1. The zero-order valence-electron chi connectivity index (χ0n) is 7.07. The predicted octanol–water partition coefficient (Wildman–Crippen LogP) is 1.93. The molecule has 0 aromatic carbocycles. The van der Waals surface area contributed by atoms with Gasteiger partial charge in [-0.05, 0) is 37.1 Å². The molecule has 0 amide bonds. The summed E-state index contributed by atoms with van der Waals surface area (Å²) in [5.41, 5.74) is -0.858. The number of carbonyl (C=O) groups excluding carboxylic acids is 1. The van der Waals surface area contributed by atoms with Crippen LogP contribution in [-0.4, -0.2) is 22.5 Å². The Labute approximate surface area is 81.6 Å². The van der Waals surface area contributed by atoms with Crippen LogP contribution in [0.5, 0.6) is 0 Å². The van der Waals surface area contributed by atoms with E-state index in [9.17, 15) is 4.79 Å². The molecule has 0 unspecified atom stereocenters. The van der Waals surface area contributed by atoms with Crippen molar-refractivity contribution < 1.29 is 14.9 Å². The molecule has 0 bridgehead atoms. The largest absolute Gasteiger partial charge is 0.290 e. The second-order valence-corrected chi connectivity index (χ2v) is 3.29. The average molecular weight is 203 g/mol. The van der Waals surface area contributed by atoms with Gasteiger partial charge in [0.2, 0.25) is 0 Å². The van der Waals surface area contributed by atoms with E-state index in [0.717, 1.165) is 0 Å². The fourth-order valence-electron chi connectivity index (χ4n) is 1.17. The SMILES string of the molecule is O=C1C=CC(CCCCl)(OO)C=C1. The van der Waals surface area contributed by atoms with Gasteiger partial charge in [0, 0.05) is 5.88 Å². The van der Waals surface area contributed by atoms with Crippen LogP contribution in [0.1, 0.15) is 12.8 Å². The van der Waals surface area contributed by atoms with E-state index in [1.807, 2.05) is 0 Å². The lowest BCUT2D eigenvalue weighted by Gasteiger charge is -2.24. The second kappa shape index (κ2) is 4.56. The molecule has 0 spiro atoms. The molecule has 0 atom stereocenters. The van der Waals surface area contributed by atoms with Gasteiger partial charge < -0.3 is 0 Å². The van der Waals surface area contributed by atoms with E-state index in [4.69, 9.17) is 16.9 Å². The van der Waals surface area contributed by atoms with Crippen LogP contribution in [-0.2, 0) is 9.68 Å². The first-order chi connectivity index (χ1) is 6.22. The van der Waals surface area contributed by atoms with Crippen LogP contribution >= 0.6 is 11.6 Å². The van der Waals surface area contributed by atoms with Gasteiger partial charge in [-0.25, -0.2) is 4.89 Å². The van der Waals surface area contributed by atoms with E-state index in [1.54, 1.807) is 12.2 Å². The normalized spacial score (nSPS) is 19.4. The smallest absolute Gasteiger partial charge is 0.178 e. The van der Waals surface area contributed by atoms with Crippen LogP contribution in [0.15, 0.2) is 24.3 Å². The molecule has 72 valence electrons. The molecule has 0 radical (unpaired) electrons. The molecule has 0 saturated heterocycles. The Morgan fingerprint density at radius 2 is 2.08 bits per heavy atom. The molecule has 13 heavy (non-hydrogen) atoms. The summed E-state index contributed by atoms with van der Waals surface area (Å²) in [5.74, 6) is 0.402. The summed E-state index contributed by atoms with van der Waals surface area (Å²) in [7, 11) is 0. The van der Waals surface area contributed by atoms with Crippen LogP contribution in [0.4, 0.5) is 0 Å². The molecule has 3 nitrogen and oxygen atoms in total. The monoisotopic (exact) mass is 202 g/mol. The molecule has 1 N–H and O–H groups in total. The van der Waals surface area contributed by atoms with Gasteiger partial charge in [0.15, 0.2) is 5.78 Å². The first kappa shape index (κ1) is 10.4. The number of allylic oxidation sites excluding steroid dienone is 2. The highest BCUT2D eigenvalue weighted by Crippen LogP contribution is 2.24. The van der Waals surface area contributed by atoms with Gasteiger partial charge in [0.05, 0.1) is 0 Å². The van der Waals surface area contributed by atoms with Crippen molar-refractivity contribution in [3.05, 3.63) is 24.3 Å². The lowest BCUT2D eigenvalue weighted by atomic mass is 9.93. The molecule has 0 fully saturated rings. The summed E-state index contributed by atoms with van der Waals surface area (Å²) in [4.78, 5) is 15.1. The quantitative estimate of drug-likeness (QED) is 0.431. The minimum atomic E-state index is -0.858. The standard InChI is InChI=1S/C9H11ClO3/c10-7-1-4-9(13-12)5-2-8(11)3-6-9/h2-3,5-6,12H,1,4,7H2. The van der Waals surface area contributed by atoms with E-state index in [-0.39, 0.29) is 5.78 Å². The lowest BCUT2D eigenvalue weighted by molar-refractivity contribution is -0.294. The van der Waals surface area contributed by atoms with Gasteiger partial charge in [-0.15, -0.1) is 11.6 Å². The van der Waals surface area contributed by atoms with Crippen LogP contribution in [0.3, 0.4) is 0 Å². The first-order valence-corrected chi connectivity index (χ1v) is 4.57. The summed E-state index contributed by atoms with van der Waals surface area (Å²) in [5, 5.41) is 8.70. The highest BCUT2D eigenvalue weighted by atomic mass is 35.5. The number of alkyl halides is 1. The van der Waals surface area contributed by atoms with Crippen molar-refractivity contribution in [1.82, 2.24) is 0 Å². The van der Waals surface area contributed by atoms with Crippen molar-refractivity contribution in [3.63, 3.8) is 0 Å². The minimum absolute atomic E-state index is 0.0986. The van der Waals surface area contributed by atoms with Crippen molar-refractivity contribution in [2.24, 2.45) is 0 Å². The molecule has 1 aliphatic carbocycles. The Kier molecular flexibility index (Phi) is 3.66. The van der Waals surface area contributed by atoms with E-state index in [1.165, 1.54) is 12.2 Å². The van der Waals surface area contributed by atoms with Crippen LogP contribution < -0.4 is 0 Å². The van der Waals surface area contributed by atoms with Crippen LogP contribution in [0, 0.1) is 0 Å². The fraction of sp³-hybridized carbons (Fsp3) is 0.444. The molecule has 0 aromatic rings. The first-order valence-electron chi connectivity index (χ1n) is 4.03. The molecule has 4 heteroatoms. The maximum Gasteiger partial charge on any atom is 0.178 e. The molecule has 1 rings (SSSR count). The molecule has 0 saturated carbocycles. The number of hydrogen-bond acceptors (Lipinski definition) is 3. The third-order valence-electron chi connectivity index (χ3n) is 1.93. The van der Waals surface area contributed by atoms with Crippen molar-refractivity contribution >= 4 is 17.4 Å². The minimum Gasteiger partial charge on any atom is -0.290 e. The van der Waals surface area contributed by atoms with Crippen molar-refractivity contribution in [2.45, 2.75) is 18.4 Å². The highest BCUT2D eigenvalue weighted by Gasteiger charge is 2.27. The summed E-state index contributed by atoms with van der Waals surface area (Å²) in [6.07, 6.45) is 7.12. The molecule has 1 aliphatic rings. The molecule has 0 aromatic heterocycles. The highest BCUT2D eigenvalue weighted by molar-refractivity contribution is 6.17. The van der Waals surface area contributed by atoms with Crippen LogP contribution in [0.2, 0.25) is 0 Å². The van der Waals surface area contributed by atoms with E-state index in [0.29, 0.717) is 18.7 Å². The molecule has 0 heterocycles. The van der Waals surface area contributed by atoms with E-state index >= 15 is 0 Å². The summed E-state index contributed by atoms with van der Waals surface area (Å²) in [6.45, 7) is 0. The zero-order valence-corrected chi connectivity index (χ0v) is 7.83. The van der Waals surface area contributed by atoms with Gasteiger partial charge in [-0.1, -0.05) is 0 Å². The molecule has 0 aliphatic heterocycles. The van der Waals surface area contributed by atoms with Crippen molar-refractivity contribution in [1.29, 1.82) is 0 Å². The Morgan fingerprint density at radius 3 is 2.54 bits per heavy atom. The lowest BCUT2D eigenvalue weighted by Crippen LogP contribution is -2.29. The maximum absolute atomic E-state index is 10.8. The third kappa shape index (κ3) is 2.66. The van der Waals surface area contributed by atoms with E-state index in [2.05, 4.69) is 4.89 Å². The van der Waals surface area contributed by atoms with Gasteiger partial charge in [0.1, 0.15) is 5.60 Å². The predicted molar refractivity (Wildman–Crippen MR) is 49.7 cm³/mol. The Balaban J connectivity index is 2.65. The summed E-state index contributed by atoms with van der Waals surface area (Å²) < 4.78 is 0. The number of rotatable bonds is 4. The van der Waals surface area contributed by atoms with Gasteiger partial charge >= 0.3 is 0 Å². The molecular formula is C9H11ClO3. The Morgan fingerprint density at radius 1 is 1.46 bits per heavy atom. The summed E-state index contributed by atoms with van der Waals surface area (Å²) in [6, 6.07) is 0. The number of hydrogen-bond donors (Lipinski definition) is 1. The van der Waals surface area contributed by atoms with Gasteiger partial charge in [-0.3, -0.25) is 10.1 Å². The third-order valence-corrected chi connectivity index (χ3v) is 2.20. The van der Waals surface area contributed by atoms with Crippen molar-refractivity contribution in [3.8, 4) is 0 Å². The summed E-state index contributed by atoms with van der Waals surface area (Å²) >= 11 is 5.52. The van der Waals surface area contributed by atoms with Gasteiger partial charge in [-0.2, -0.15) is 0 Å².